The van der Waals surface area contributed by atoms with Gasteiger partial charge in [0.05, 0.1) is 6.42 Å². The molecule has 0 heterocycles. The zero-order valence-corrected chi connectivity index (χ0v) is 11.4. The summed E-state index contributed by atoms with van der Waals surface area (Å²) in [6.07, 6.45) is -0.0335. The van der Waals surface area contributed by atoms with E-state index in [4.69, 9.17) is 5.11 Å². The second-order valence-corrected chi connectivity index (χ2v) is 5.45. The van der Waals surface area contributed by atoms with E-state index >= 15 is 0 Å². The van der Waals surface area contributed by atoms with Gasteiger partial charge >= 0.3 is 5.97 Å². The van der Waals surface area contributed by atoms with Gasteiger partial charge in [0.2, 0.25) is 0 Å². The zero-order chi connectivity index (χ0) is 14.6. The van der Waals surface area contributed by atoms with Crippen molar-refractivity contribution in [2.75, 3.05) is 6.54 Å². The van der Waals surface area contributed by atoms with Gasteiger partial charge in [-0.1, -0.05) is 12.1 Å². The number of hydrogen-bond acceptors (Lipinski definition) is 2. The molecular weight excluding hydrogens is 252 g/mol. The van der Waals surface area contributed by atoms with Crippen LogP contribution in [0.5, 0.6) is 0 Å². The Hall–Kier alpha value is -1.49. The van der Waals surface area contributed by atoms with Crippen LogP contribution in [0.1, 0.15) is 32.8 Å². The summed E-state index contributed by atoms with van der Waals surface area (Å²) in [4.78, 5) is 12.5. The van der Waals surface area contributed by atoms with E-state index in [1.807, 2.05) is 25.7 Å². The van der Waals surface area contributed by atoms with Crippen molar-refractivity contribution in [3.8, 4) is 0 Å². The average Bonchev–Trinajstić information content (AvgIpc) is 2.27. The van der Waals surface area contributed by atoms with E-state index in [-0.39, 0.29) is 30.6 Å². The van der Waals surface area contributed by atoms with E-state index in [2.05, 4.69) is 0 Å². The number of carboxylic acid groups (broad SMARTS) is 1. The highest BCUT2D eigenvalue weighted by atomic mass is 19.2. The monoisotopic (exact) mass is 271 g/mol. The lowest BCUT2D eigenvalue weighted by molar-refractivity contribution is -0.137. The van der Waals surface area contributed by atoms with Crippen molar-refractivity contribution in [1.29, 1.82) is 0 Å². The average molecular weight is 271 g/mol. The molecule has 0 aliphatic rings. The Balaban J connectivity index is 2.88. The molecule has 0 spiro atoms. The fourth-order valence-corrected chi connectivity index (χ4v) is 1.76. The van der Waals surface area contributed by atoms with Crippen molar-refractivity contribution in [3.63, 3.8) is 0 Å². The van der Waals surface area contributed by atoms with E-state index in [0.717, 1.165) is 6.07 Å². The van der Waals surface area contributed by atoms with Gasteiger partial charge < -0.3 is 5.11 Å². The molecule has 0 saturated heterocycles. The van der Waals surface area contributed by atoms with Gasteiger partial charge in [0, 0.05) is 24.2 Å². The summed E-state index contributed by atoms with van der Waals surface area (Å²) >= 11 is 0. The molecule has 0 aromatic heterocycles. The van der Waals surface area contributed by atoms with Crippen LogP contribution in [0.3, 0.4) is 0 Å². The number of rotatable bonds is 5. The molecule has 1 N–H and O–H groups in total. The third-order valence-corrected chi connectivity index (χ3v) is 2.94. The first-order valence-electron chi connectivity index (χ1n) is 6.11. The number of carbonyl (C=O) groups is 1. The molecule has 0 unspecified atom stereocenters. The van der Waals surface area contributed by atoms with Gasteiger partial charge in [0.25, 0.3) is 0 Å². The predicted octanol–water partition coefficient (Wildman–Crippen LogP) is 3.04. The van der Waals surface area contributed by atoms with Crippen molar-refractivity contribution in [1.82, 2.24) is 4.90 Å². The Morgan fingerprint density at radius 1 is 1.32 bits per heavy atom. The lowest BCUT2D eigenvalue weighted by Gasteiger charge is -2.35. The van der Waals surface area contributed by atoms with E-state index in [1.54, 1.807) is 0 Å². The van der Waals surface area contributed by atoms with E-state index in [0.29, 0.717) is 0 Å². The Morgan fingerprint density at radius 2 is 1.95 bits per heavy atom. The molecule has 0 amide bonds. The first-order valence-corrected chi connectivity index (χ1v) is 6.11. The Morgan fingerprint density at radius 3 is 2.47 bits per heavy atom. The van der Waals surface area contributed by atoms with Gasteiger partial charge in [-0.3, -0.25) is 9.69 Å². The molecule has 0 aliphatic carbocycles. The fourth-order valence-electron chi connectivity index (χ4n) is 1.76. The van der Waals surface area contributed by atoms with Gasteiger partial charge in [0.1, 0.15) is 0 Å². The molecular formula is C14H19F2NO2. The van der Waals surface area contributed by atoms with Crippen LogP contribution in [0.15, 0.2) is 18.2 Å². The summed E-state index contributed by atoms with van der Waals surface area (Å²) in [5, 5.41) is 8.73. The number of carboxylic acids is 1. The summed E-state index contributed by atoms with van der Waals surface area (Å²) in [7, 11) is 0. The molecule has 1 aromatic rings. The number of aliphatic carboxylic acids is 1. The highest BCUT2D eigenvalue weighted by Crippen LogP contribution is 2.20. The van der Waals surface area contributed by atoms with Crippen molar-refractivity contribution >= 4 is 5.97 Å². The van der Waals surface area contributed by atoms with Gasteiger partial charge in [-0.2, -0.15) is 0 Å². The summed E-state index contributed by atoms with van der Waals surface area (Å²) in [6, 6.07) is 4.03. The summed E-state index contributed by atoms with van der Waals surface area (Å²) < 4.78 is 26.8. The van der Waals surface area contributed by atoms with Crippen LogP contribution >= 0.6 is 0 Å². The van der Waals surface area contributed by atoms with E-state index in [9.17, 15) is 13.6 Å². The van der Waals surface area contributed by atoms with Crippen LogP contribution in [-0.2, 0) is 11.3 Å². The van der Waals surface area contributed by atoms with Crippen LogP contribution in [-0.4, -0.2) is 28.1 Å². The molecule has 1 rings (SSSR count). The minimum absolute atomic E-state index is 0.0335. The second-order valence-electron chi connectivity index (χ2n) is 5.45. The molecule has 0 bridgehead atoms. The van der Waals surface area contributed by atoms with E-state index < -0.39 is 17.6 Å². The van der Waals surface area contributed by atoms with Crippen molar-refractivity contribution in [2.45, 2.75) is 39.3 Å². The normalized spacial score (nSPS) is 11.9. The Kier molecular flexibility index (Phi) is 5.00. The first-order chi connectivity index (χ1) is 8.71. The van der Waals surface area contributed by atoms with Gasteiger partial charge in [-0.15, -0.1) is 0 Å². The number of hydrogen-bond donors (Lipinski definition) is 1. The fraction of sp³-hybridized carbons (Fsp3) is 0.500. The maximum atomic E-state index is 13.6. The van der Waals surface area contributed by atoms with Crippen LogP contribution in [0.4, 0.5) is 8.78 Å². The highest BCUT2D eigenvalue weighted by Gasteiger charge is 2.23. The first kappa shape index (κ1) is 15.6. The minimum Gasteiger partial charge on any atom is -0.481 e. The number of halogens is 2. The molecule has 3 nitrogen and oxygen atoms in total. The lowest BCUT2D eigenvalue weighted by Crippen LogP contribution is -2.42. The second kappa shape index (κ2) is 6.10. The minimum atomic E-state index is -0.908. The summed E-state index contributed by atoms with van der Waals surface area (Å²) in [5.41, 5.74) is -0.0888. The van der Waals surface area contributed by atoms with Crippen molar-refractivity contribution < 1.29 is 18.7 Å². The van der Waals surface area contributed by atoms with E-state index in [1.165, 1.54) is 12.1 Å². The van der Waals surface area contributed by atoms with Crippen LogP contribution in [0.2, 0.25) is 0 Å². The van der Waals surface area contributed by atoms with Gasteiger partial charge in [-0.25, -0.2) is 8.78 Å². The summed E-state index contributed by atoms with van der Waals surface area (Å²) in [5.74, 6) is -2.66. The zero-order valence-electron chi connectivity index (χ0n) is 11.4. The molecule has 0 saturated carbocycles. The molecule has 5 heteroatoms. The van der Waals surface area contributed by atoms with Gasteiger partial charge in [-0.05, 0) is 26.8 Å². The quantitative estimate of drug-likeness (QED) is 0.894. The Labute approximate surface area is 111 Å². The largest absolute Gasteiger partial charge is 0.481 e. The summed E-state index contributed by atoms with van der Waals surface area (Å²) in [6.45, 7) is 6.19. The highest BCUT2D eigenvalue weighted by molar-refractivity contribution is 5.66. The topological polar surface area (TPSA) is 40.5 Å². The van der Waals surface area contributed by atoms with Crippen molar-refractivity contribution in [2.24, 2.45) is 0 Å². The molecule has 0 fully saturated rings. The number of nitrogens with zero attached hydrogens (tertiary/aromatic N) is 1. The maximum Gasteiger partial charge on any atom is 0.304 e. The van der Waals surface area contributed by atoms with Crippen molar-refractivity contribution in [3.05, 3.63) is 35.4 Å². The molecule has 19 heavy (non-hydrogen) atoms. The molecule has 0 radical (unpaired) electrons. The predicted molar refractivity (Wildman–Crippen MR) is 68.8 cm³/mol. The third-order valence-electron chi connectivity index (χ3n) is 2.94. The van der Waals surface area contributed by atoms with Crippen LogP contribution in [0, 0.1) is 11.6 Å². The molecule has 0 aliphatic heterocycles. The maximum absolute atomic E-state index is 13.6. The Bertz CT molecular complexity index is 455. The molecule has 1 aromatic carbocycles. The SMILES string of the molecule is CC(C)(C)N(CCC(=O)O)Cc1cccc(F)c1F. The lowest BCUT2D eigenvalue weighted by atomic mass is 10.0. The number of benzene rings is 1. The van der Waals surface area contributed by atoms with Crippen LogP contribution < -0.4 is 0 Å². The molecule has 106 valence electrons. The van der Waals surface area contributed by atoms with Crippen LogP contribution in [0.25, 0.3) is 0 Å². The standard InChI is InChI=1S/C14H19F2NO2/c1-14(2,3)17(8-7-12(18)19)9-10-5-4-6-11(15)13(10)16/h4-6H,7-9H2,1-3H3,(H,18,19). The van der Waals surface area contributed by atoms with Gasteiger partial charge in [0.15, 0.2) is 11.6 Å². The molecule has 0 atom stereocenters. The third kappa shape index (κ3) is 4.59. The smallest absolute Gasteiger partial charge is 0.304 e.